The van der Waals surface area contributed by atoms with E-state index in [2.05, 4.69) is 15.6 Å². The van der Waals surface area contributed by atoms with Gasteiger partial charge in [0, 0.05) is 18.0 Å². The number of halogens is 1. The molecule has 6 nitrogen and oxygen atoms in total. The second-order valence-corrected chi connectivity index (χ2v) is 5.55. The van der Waals surface area contributed by atoms with Crippen LogP contribution < -0.4 is 20.1 Å². The van der Waals surface area contributed by atoms with E-state index in [0.29, 0.717) is 22.9 Å². The summed E-state index contributed by atoms with van der Waals surface area (Å²) in [6.45, 7) is 0. The predicted molar refractivity (Wildman–Crippen MR) is 101 cm³/mol. The lowest BCUT2D eigenvalue weighted by Crippen LogP contribution is -2.14. The Morgan fingerprint density at radius 2 is 1.81 bits per heavy atom. The summed E-state index contributed by atoms with van der Waals surface area (Å²) in [5.41, 5.74) is 1.58. The molecule has 0 radical (unpaired) electrons. The van der Waals surface area contributed by atoms with Gasteiger partial charge in [-0.15, -0.1) is 0 Å². The van der Waals surface area contributed by atoms with Crippen LogP contribution in [0, 0.1) is 5.82 Å². The average Bonchev–Trinajstić information content (AvgIpc) is 2.70. The number of carbonyl (C=O) groups excluding carboxylic acids is 1. The van der Waals surface area contributed by atoms with Crippen molar-refractivity contribution in [2.24, 2.45) is 0 Å². The number of pyridine rings is 1. The lowest BCUT2D eigenvalue weighted by atomic mass is 10.2. The molecule has 0 fully saturated rings. The van der Waals surface area contributed by atoms with E-state index >= 15 is 0 Å². The molecule has 0 spiro atoms. The Morgan fingerprint density at radius 1 is 1.00 bits per heavy atom. The first-order valence-corrected chi connectivity index (χ1v) is 8.11. The predicted octanol–water partition coefficient (Wildman–Crippen LogP) is 4.23. The summed E-state index contributed by atoms with van der Waals surface area (Å²) in [6, 6.07) is 14.6. The van der Waals surface area contributed by atoms with Gasteiger partial charge in [-0.25, -0.2) is 4.39 Å². The molecule has 2 aromatic carbocycles. The minimum absolute atomic E-state index is 0.0967. The molecule has 27 heavy (non-hydrogen) atoms. The van der Waals surface area contributed by atoms with Crippen molar-refractivity contribution in [3.05, 3.63) is 72.3 Å². The zero-order valence-corrected chi connectivity index (χ0v) is 14.8. The van der Waals surface area contributed by atoms with Gasteiger partial charge in [0.05, 0.1) is 25.6 Å². The van der Waals surface area contributed by atoms with Crippen molar-refractivity contribution in [3.63, 3.8) is 0 Å². The van der Waals surface area contributed by atoms with Crippen LogP contribution in [0.1, 0.15) is 10.5 Å². The molecular formula is C20H18FN3O3. The Kier molecular flexibility index (Phi) is 5.51. The highest BCUT2D eigenvalue weighted by atomic mass is 19.1. The van der Waals surface area contributed by atoms with E-state index in [0.717, 1.165) is 0 Å². The summed E-state index contributed by atoms with van der Waals surface area (Å²) in [4.78, 5) is 16.4. The van der Waals surface area contributed by atoms with Gasteiger partial charge in [-0.2, -0.15) is 0 Å². The minimum Gasteiger partial charge on any atom is -0.497 e. The second-order valence-electron chi connectivity index (χ2n) is 5.55. The number of carbonyl (C=O) groups is 1. The fourth-order valence-electron chi connectivity index (χ4n) is 2.44. The van der Waals surface area contributed by atoms with Crippen LogP contribution >= 0.6 is 0 Å². The van der Waals surface area contributed by atoms with Crippen molar-refractivity contribution in [1.29, 1.82) is 0 Å². The first kappa shape index (κ1) is 18.2. The largest absolute Gasteiger partial charge is 0.497 e. The smallest absolute Gasteiger partial charge is 0.274 e. The number of hydrogen-bond donors (Lipinski definition) is 2. The summed E-state index contributed by atoms with van der Waals surface area (Å²) < 4.78 is 24.2. The Hall–Kier alpha value is -3.61. The summed E-state index contributed by atoms with van der Waals surface area (Å²) in [5.74, 6) is 0.231. The molecule has 0 aliphatic heterocycles. The summed E-state index contributed by atoms with van der Waals surface area (Å²) in [5, 5.41) is 5.68. The van der Waals surface area contributed by atoms with Crippen molar-refractivity contribution in [3.8, 4) is 11.5 Å². The van der Waals surface area contributed by atoms with Gasteiger partial charge in [0.1, 0.15) is 23.0 Å². The third kappa shape index (κ3) is 4.33. The fourth-order valence-corrected chi connectivity index (χ4v) is 2.44. The van der Waals surface area contributed by atoms with Gasteiger partial charge >= 0.3 is 0 Å². The molecule has 7 heteroatoms. The molecule has 138 valence electrons. The topological polar surface area (TPSA) is 72.5 Å². The number of rotatable bonds is 6. The van der Waals surface area contributed by atoms with Crippen molar-refractivity contribution in [2.75, 3.05) is 24.9 Å². The first-order chi connectivity index (χ1) is 13.1. The number of nitrogens with one attached hydrogen (secondary N) is 2. The lowest BCUT2D eigenvalue weighted by Gasteiger charge is -2.13. The Bertz CT molecular complexity index is 963. The van der Waals surface area contributed by atoms with E-state index in [-0.39, 0.29) is 11.4 Å². The molecule has 1 aromatic heterocycles. The van der Waals surface area contributed by atoms with Gasteiger partial charge in [-0.3, -0.25) is 9.78 Å². The molecular weight excluding hydrogens is 349 g/mol. The quantitative estimate of drug-likeness (QED) is 0.682. The van der Waals surface area contributed by atoms with E-state index < -0.39 is 11.7 Å². The number of ether oxygens (including phenoxy) is 2. The van der Waals surface area contributed by atoms with Crippen molar-refractivity contribution in [2.45, 2.75) is 0 Å². The molecule has 0 aliphatic rings. The number of methoxy groups -OCH3 is 2. The normalized spacial score (nSPS) is 10.2. The van der Waals surface area contributed by atoms with Gasteiger partial charge in [0.2, 0.25) is 0 Å². The summed E-state index contributed by atoms with van der Waals surface area (Å²) in [6.07, 6.45) is 1.49. The Labute approximate surface area is 156 Å². The van der Waals surface area contributed by atoms with Crippen LogP contribution in [0.25, 0.3) is 0 Å². The molecule has 0 bridgehead atoms. The zero-order valence-electron chi connectivity index (χ0n) is 14.8. The highest BCUT2D eigenvalue weighted by molar-refractivity contribution is 6.03. The molecule has 0 aliphatic carbocycles. The van der Waals surface area contributed by atoms with E-state index in [4.69, 9.17) is 9.47 Å². The molecule has 0 unspecified atom stereocenters. The van der Waals surface area contributed by atoms with Crippen LogP contribution in [0.3, 0.4) is 0 Å². The molecule has 0 saturated carbocycles. The maximum absolute atomic E-state index is 13.7. The van der Waals surface area contributed by atoms with E-state index in [1.165, 1.54) is 18.3 Å². The number of para-hydroxylation sites is 1. The fraction of sp³-hybridized carbons (Fsp3) is 0.100. The number of anilines is 3. The number of aromatic nitrogens is 1. The van der Waals surface area contributed by atoms with Gasteiger partial charge in [0.25, 0.3) is 5.91 Å². The third-order valence-electron chi connectivity index (χ3n) is 3.80. The highest BCUT2D eigenvalue weighted by Crippen LogP contribution is 2.31. The van der Waals surface area contributed by atoms with Crippen LogP contribution in [-0.4, -0.2) is 25.1 Å². The van der Waals surface area contributed by atoms with E-state index in [1.54, 1.807) is 56.7 Å². The molecule has 1 amide bonds. The lowest BCUT2D eigenvalue weighted by molar-refractivity contribution is 0.102. The van der Waals surface area contributed by atoms with Crippen molar-refractivity contribution >= 4 is 23.0 Å². The van der Waals surface area contributed by atoms with Crippen LogP contribution in [0.4, 0.5) is 21.5 Å². The summed E-state index contributed by atoms with van der Waals surface area (Å²) >= 11 is 0. The summed E-state index contributed by atoms with van der Waals surface area (Å²) in [7, 11) is 3.13. The molecule has 3 rings (SSSR count). The van der Waals surface area contributed by atoms with Crippen LogP contribution in [0.15, 0.2) is 60.8 Å². The standard InChI is InChI=1S/C20H18FN3O3/c1-26-14-7-8-17(19(12-14)27-2)23-13-9-10-22-18(11-13)20(25)24-16-6-4-3-5-15(16)21/h3-12H,1-2H3,(H,22,23)(H,24,25). The Balaban J connectivity index is 1.80. The van der Waals surface area contributed by atoms with Gasteiger partial charge in [-0.1, -0.05) is 12.1 Å². The number of hydrogen-bond acceptors (Lipinski definition) is 5. The highest BCUT2D eigenvalue weighted by Gasteiger charge is 2.12. The molecule has 3 aromatic rings. The first-order valence-electron chi connectivity index (χ1n) is 8.11. The SMILES string of the molecule is COc1ccc(Nc2ccnc(C(=O)Nc3ccccc3F)c2)c(OC)c1. The Morgan fingerprint density at radius 3 is 2.56 bits per heavy atom. The van der Waals surface area contributed by atoms with E-state index in [9.17, 15) is 9.18 Å². The van der Waals surface area contributed by atoms with Crippen LogP contribution in [0.2, 0.25) is 0 Å². The van der Waals surface area contributed by atoms with Crippen LogP contribution in [-0.2, 0) is 0 Å². The van der Waals surface area contributed by atoms with Gasteiger partial charge in [-0.05, 0) is 36.4 Å². The molecule has 0 saturated heterocycles. The number of amides is 1. The number of benzene rings is 2. The molecule has 2 N–H and O–H groups in total. The number of nitrogens with zero attached hydrogens (tertiary/aromatic N) is 1. The zero-order chi connectivity index (χ0) is 19.2. The minimum atomic E-state index is -0.511. The van der Waals surface area contributed by atoms with Gasteiger partial charge < -0.3 is 20.1 Å². The average molecular weight is 367 g/mol. The third-order valence-corrected chi connectivity index (χ3v) is 3.80. The molecule has 1 heterocycles. The van der Waals surface area contributed by atoms with Crippen LogP contribution in [0.5, 0.6) is 11.5 Å². The van der Waals surface area contributed by atoms with Gasteiger partial charge in [0.15, 0.2) is 0 Å². The van der Waals surface area contributed by atoms with Crippen molar-refractivity contribution in [1.82, 2.24) is 4.98 Å². The maximum atomic E-state index is 13.7. The monoisotopic (exact) mass is 367 g/mol. The second kappa shape index (κ2) is 8.18. The van der Waals surface area contributed by atoms with E-state index in [1.807, 2.05) is 0 Å². The maximum Gasteiger partial charge on any atom is 0.274 e. The molecule has 0 atom stereocenters. The van der Waals surface area contributed by atoms with Crippen molar-refractivity contribution < 1.29 is 18.7 Å².